The summed E-state index contributed by atoms with van der Waals surface area (Å²) in [6.07, 6.45) is 12.5. The first kappa shape index (κ1) is 18.7. The lowest BCUT2D eigenvalue weighted by molar-refractivity contribution is 0.147. The molecule has 0 bridgehead atoms. The van der Waals surface area contributed by atoms with Gasteiger partial charge >= 0.3 is 0 Å². The van der Waals surface area contributed by atoms with E-state index in [2.05, 4.69) is 39.8 Å². The van der Waals surface area contributed by atoms with E-state index in [1.165, 1.54) is 12.8 Å². The van der Waals surface area contributed by atoms with Crippen molar-refractivity contribution in [3.63, 3.8) is 0 Å². The summed E-state index contributed by atoms with van der Waals surface area (Å²) in [4.78, 5) is 0. The van der Waals surface area contributed by atoms with Gasteiger partial charge in [0, 0.05) is 13.2 Å². The van der Waals surface area contributed by atoms with Crippen LogP contribution in [-0.4, -0.2) is 23.4 Å². The third-order valence-corrected chi connectivity index (χ3v) is 3.72. The van der Waals surface area contributed by atoms with Crippen LogP contribution in [0.25, 0.3) is 0 Å². The number of rotatable bonds is 11. The molecule has 0 amide bonds. The predicted octanol–water partition coefficient (Wildman–Crippen LogP) is 4.31. The van der Waals surface area contributed by atoms with Crippen molar-refractivity contribution in [3.8, 4) is 0 Å². The summed E-state index contributed by atoms with van der Waals surface area (Å²) in [5, 5.41) is 18.3. The van der Waals surface area contributed by atoms with Crippen LogP contribution < -0.4 is 0 Å². The van der Waals surface area contributed by atoms with Crippen molar-refractivity contribution in [2.75, 3.05) is 13.2 Å². The summed E-state index contributed by atoms with van der Waals surface area (Å²) in [6, 6.07) is 0. The van der Waals surface area contributed by atoms with Crippen molar-refractivity contribution in [2.45, 2.75) is 72.6 Å². The largest absolute Gasteiger partial charge is 0.396 e. The third kappa shape index (κ3) is 11.2. The molecule has 0 saturated carbocycles. The molecule has 2 nitrogen and oxygen atoms in total. The molecule has 2 heteroatoms. The Bertz CT molecular complexity index is 242. The molecule has 0 aliphatic carbocycles. The molecule has 0 aromatic heterocycles. The maximum absolute atomic E-state index is 9.15. The van der Waals surface area contributed by atoms with Crippen molar-refractivity contribution in [1.29, 1.82) is 0 Å². The number of hydrogen-bond acceptors (Lipinski definition) is 2. The van der Waals surface area contributed by atoms with Gasteiger partial charge in [0.05, 0.1) is 0 Å². The van der Waals surface area contributed by atoms with Gasteiger partial charge in [-0.3, -0.25) is 0 Å². The molecule has 114 valence electrons. The Morgan fingerprint density at radius 3 is 1.58 bits per heavy atom. The molecule has 0 aliphatic heterocycles. The van der Waals surface area contributed by atoms with Gasteiger partial charge in [0.2, 0.25) is 0 Å². The molecule has 0 fully saturated rings. The number of allylic oxidation sites excluding steroid dienone is 2. The van der Waals surface area contributed by atoms with Crippen molar-refractivity contribution in [1.82, 2.24) is 0 Å². The monoisotopic (exact) mass is 270 g/mol. The maximum atomic E-state index is 9.15. The van der Waals surface area contributed by atoms with E-state index in [0.717, 1.165) is 32.1 Å². The molecule has 0 radical (unpaired) electrons. The molecule has 0 saturated heterocycles. The highest BCUT2D eigenvalue weighted by Crippen LogP contribution is 2.23. The fourth-order valence-corrected chi connectivity index (χ4v) is 1.96. The minimum Gasteiger partial charge on any atom is -0.396 e. The van der Waals surface area contributed by atoms with E-state index in [1.807, 2.05) is 0 Å². The lowest BCUT2D eigenvalue weighted by Gasteiger charge is -2.20. The van der Waals surface area contributed by atoms with Crippen LogP contribution >= 0.6 is 0 Å². The molecule has 0 aromatic rings. The number of aliphatic hydroxyl groups is 2. The Kier molecular flexibility index (Phi) is 9.38. The van der Waals surface area contributed by atoms with Gasteiger partial charge in [-0.05, 0) is 49.4 Å². The molecule has 0 atom stereocenters. The summed E-state index contributed by atoms with van der Waals surface area (Å²) in [6.45, 7) is 9.01. The Morgan fingerprint density at radius 1 is 0.684 bits per heavy atom. The van der Waals surface area contributed by atoms with Crippen LogP contribution in [0.4, 0.5) is 0 Å². The second-order valence-corrected chi connectivity index (χ2v) is 7.25. The zero-order chi connectivity index (χ0) is 14.8. The first-order chi connectivity index (χ1) is 8.83. The Morgan fingerprint density at radius 2 is 1.11 bits per heavy atom. The molecule has 19 heavy (non-hydrogen) atoms. The molecule has 0 unspecified atom stereocenters. The molecular formula is C17H34O2. The van der Waals surface area contributed by atoms with E-state index in [0.29, 0.717) is 0 Å². The SMILES string of the molecule is CC(C)(CO)CCCC=CCCCCC(C)(C)CO. The third-order valence-electron chi connectivity index (χ3n) is 3.72. The quantitative estimate of drug-likeness (QED) is 0.434. The van der Waals surface area contributed by atoms with E-state index in [-0.39, 0.29) is 24.0 Å². The average Bonchev–Trinajstić information content (AvgIpc) is 2.36. The van der Waals surface area contributed by atoms with E-state index in [9.17, 15) is 0 Å². The molecule has 0 aliphatic rings. The van der Waals surface area contributed by atoms with Crippen LogP contribution in [-0.2, 0) is 0 Å². The second kappa shape index (κ2) is 9.55. The van der Waals surface area contributed by atoms with E-state index in [4.69, 9.17) is 10.2 Å². The van der Waals surface area contributed by atoms with Crippen LogP contribution in [0.1, 0.15) is 72.6 Å². The van der Waals surface area contributed by atoms with Crippen molar-refractivity contribution in [3.05, 3.63) is 12.2 Å². The van der Waals surface area contributed by atoms with Crippen LogP contribution in [0, 0.1) is 10.8 Å². The Labute approximate surface area is 119 Å². The lowest BCUT2D eigenvalue weighted by Crippen LogP contribution is -2.16. The molecular weight excluding hydrogens is 236 g/mol. The van der Waals surface area contributed by atoms with Crippen molar-refractivity contribution < 1.29 is 10.2 Å². The molecule has 0 spiro atoms. The molecule has 0 aromatic carbocycles. The van der Waals surface area contributed by atoms with Crippen molar-refractivity contribution in [2.24, 2.45) is 10.8 Å². The first-order valence-electron chi connectivity index (χ1n) is 7.70. The number of aliphatic hydroxyl groups excluding tert-OH is 2. The Balaban J connectivity index is 3.46. The fraction of sp³-hybridized carbons (Fsp3) is 0.882. The first-order valence-corrected chi connectivity index (χ1v) is 7.70. The van der Waals surface area contributed by atoms with Gasteiger partial charge in [-0.15, -0.1) is 0 Å². The summed E-state index contributed by atoms with van der Waals surface area (Å²) < 4.78 is 0. The number of unbranched alkanes of at least 4 members (excludes halogenated alkanes) is 3. The summed E-state index contributed by atoms with van der Waals surface area (Å²) in [5.41, 5.74) is 0.156. The second-order valence-electron chi connectivity index (χ2n) is 7.25. The standard InChI is InChI=1S/C17H34O2/c1-16(2,14-18)12-10-8-6-5-7-9-11-13-17(3,4)15-19/h5-6,18-19H,7-15H2,1-4H3. The van der Waals surface area contributed by atoms with Gasteiger partial charge in [0.25, 0.3) is 0 Å². The van der Waals surface area contributed by atoms with Crippen LogP contribution in [0.15, 0.2) is 12.2 Å². The highest BCUT2D eigenvalue weighted by molar-refractivity contribution is 4.82. The predicted molar refractivity (Wildman–Crippen MR) is 83.2 cm³/mol. The summed E-state index contributed by atoms with van der Waals surface area (Å²) in [7, 11) is 0. The summed E-state index contributed by atoms with van der Waals surface area (Å²) in [5.74, 6) is 0. The molecule has 0 rings (SSSR count). The van der Waals surface area contributed by atoms with Crippen LogP contribution in [0.3, 0.4) is 0 Å². The van der Waals surface area contributed by atoms with Gasteiger partial charge in [-0.1, -0.05) is 46.3 Å². The lowest BCUT2D eigenvalue weighted by atomic mass is 9.88. The van der Waals surface area contributed by atoms with Gasteiger partial charge in [-0.25, -0.2) is 0 Å². The highest BCUT2D eigenvalue weighted by Gasteiger charge is 2.15. The van der Waals surface area contributed by atoms with Crippen LogP contribution in [0.5, 0.6) is 0 Å². The van der Waals surface area contributed by atoms with Crippen molar-refractivity contribution >= 4 is 0 Å². The van der Waals surface area contributed by atoms with Gasteiger partial charge in [0.15, 0.2) is 0 Å². The van der Waals surface area contributed by atoms with Gasteiger partial charge in [0.1, 0.15) is 0 Å². The van der Waals surface area contributed by atoms with Gasteiger partial charge in [-0.2, -0.15) is 0 Å². The number of hydrogen-bond donors (Lipinski definition) is 2. The fourth-order valence-electron chi connectivity index (χ4n) is 1.96. The average molecular weight is 270 g/mol. The topological polar surface area (TPSA) is 40.5 Å². The van der Waals surface area contributed by atoms with E-state index < -0.39 is 0 Å². The molecule has 2 N–H and O–H groups in total. The highest BCUT2D eigenvalue weighted by atomic mass is 16.3. The minimum atomic E-state index is 0.0731. The minimum absolute atomic E-state index is 0.0731. The Hall–Kier alpha value is -0.340. The normalized spacial score (nSPS) is 13.4. The zero-order valence-corrected chi connectivity index (χ0v) is 13.4. The zero-order valence-electron chi connectivity index (χ0n) is 13.4. The van der Waals surface area contributed by atoms with E-state index in [1.54, 1.807) is 0 Å². The maximum Gasteiger partial charge on any atom is 0.0482 e. The summed E-state index contributed by atoms with van der Waals surface area (Å²) >= 11 is 0. The molecule has 0 heterocycles. The van der Waals surface area contributed by atoms with Gasteiger partial charge < -0.3 is 10.2 Å². The van der Waals surface area contributed by atoms with E-state index >= 15 is 0 Å². The van der Waals surface area contributed by atoms with Crippen LogP contribution in [0.2, 0.25) is 0 Å². The smallest absolute Gasteiger partial charge is 0.0482 e.